The van der Waals surface area contributed by atoms with E-state index in [2.05, 4.69) is 15.0 Å². The SMILES string of the molecule is NS(=O)(=O)c1ccc(N2CCOCC2)c(-c2nc(-c3ccco3)no2)c1. The summed E-state index contributed by atoms with van der Waals surface area (Å²) in [5.74, 6) is 0.915. The molecule has 2 aromatic heterocycles. The number of ether oxygens (including phenoxy) is 1. The monoisotopic (exact) mass is 376 g/mol. The zero-order valence-electron chi connectivity index (χ0n) is 13.7. The Morgan fingerprint density at radius 2 is 1.96 bits per heavy atom. The summed E-state index contributed by atoms with van der Waals surface area (Å²) in [4.78, 5) is 6.38. The lowest BCUT2D eigenvalue weighted by Gasteiger charge is -2.30. The van der Waals surface area contributed by atoms with Crippen molar-refractivity contribution in [3.63, 3.8) is 0 Å². The van der Waals surface area contributed by atoms with Crippen LogP contribution in [-0.2, 0) is 14.8 Å². The van der Waals surface area contributed by atoms with Gasteiger partial charge in [0.2, 0.25) is 15.8 Å². The van der Waals surface area contributed by atoms with E-state index in [4.69, 9.17) is 18.8 Å². The van der Waals surface area contributed by atoms with E-state index in [-0.39, 0.29) is 16.6 Å². The minimum Gasteiger partial charge on any atom is -0.461 e. The lowest BCUT2D eigenvalue weighted by atomic mass is 10.1. The number of morpholine rings is 1. The van der Waals surface area contributed by atoms with Crippen molar-refractivity contribution in [3.8, 4) is 23.0 Å². The molecule has 10 heteroatoms. The topological polar surface area (TPSA) is 125 Å². The van der Waals surface area contributed by atoms with Crippen molar-refractivity contribution < 1.29 is 22.1 Å². The summed E-state index contributed by atoms with van der Waals surface area (Å²) in [5, 5.41) is 9.18. The Hall–Kier alpha value is -2.69. The third-order valence-corrected chi connectivity index (χ3v) is 4.96. The van der Waals surface area contributed by atoms with Gasteiger partial charge in [-0.1, -0.05) is 5.16 Å². The van der Waals surface area contributed by atoms with Gasteiger partial charge in [0.1, 0.15) is 0 Å². The first-order chi connectivity index (χ1) is 12.5. The van der Waals surface area contributed by atoms with Gasteiger partial charge in [-0.3, -0.25) is 0 Å². The number of nitrogens with zero attached hydrogens (tertiary/aromatic N) is 3. The number of primary sulfonamides is 1. The van der Waals surface area contributed by atoms with Crippen molar-refractivity contribution in [2.75, 3.05) is 31.2 Å². The molecule has 1 aliphatic rings. The standard InChI is InChI=1S/C16H16N4O5S/c17-26(21,22)11-3-4-13(20-5-8-23-9-6-20)12(10-11)16-18-15(19-25-16)14-2-1-7-24-14/h1-4,7,10H,5-6,8-9H2,(H2,17,21,22). The van der Waals surface area contributed by atoms with Gasteiger partial charge in [0.05, 0.1) is 29.9 Å². The first-order valence-electron chi connectivity index (χ1n) is 7.90. The average molecular weight is 376 g/mol. The van der Waals surface area contributed by atoms with Gasteiger partial charge < -0.3 is 18.6 Å². The lowest BCUT2D eigenvalue weighted by Crippen LogP contribution is -2.36. The highest BCUT2D eigenvalue weighted by Crippen LogP contribution is 2.33. The number of rotatable bonds is 4. The maximum Gasteiger partial charge on any atom is 0.260 e. The Balaban J connectivity index is 1.81. The van der Waals surface area contributed by atoms with Crippen molar-refractivity contribution in [1.29, 1.82) is 0 Å². The van der Waals surface area contributed by atoms with Gasteiger partial charge in [-0.15, -0.1) is 0 Å². The van der Waals surface area contributed by atoms with E-state index >= 15 is 0 Å². The molecule has 0 spiro atoms. The molecule has 1 saturated heterocycles. The van der Waals surface area contributed by atoms with Crippen LogP contribution in [-0.4, -0.2) is 44.9 Å². The fraction of sp³-hybridized carbons (Fsp3) is 0.250. The smallest absolute Gasteiger partial charge is 0.260 e. The van der Waals surface area contributed by atoms with Crippen LogP contribution in [0.2, 0.25) is 0 Å². The average Bonchev–Trinajstić information content (AvgIpc) is 3.32. The highest BCUT2D eigenvalue weighted by Gasteiger charge is 2.22. The van der Waals surface area contributed by atoms with Crippen LogP contribution in [0.5, 0.6) is 0 Å². The number of sulfonamides is 1. The summed E-state index contributed by atoms with van der Waals surface area (Å²) >= 11 is 0. The van der Waals surface area contributed by atoms with Gasteiger partial charge in [-0.25, -0.2) is 13.6 Å². The molecule has 0 aliphatic carbocycles. The van der Waals surface area contributed by atoms with Crippen molar-refractivity contribution in [2.45, 2.75) is 4.90 Å². The van der Waals surface area contributed by atoms with Gasteiger partial charge in [0.15, 0.2) is 5.76 Å². The maximum absolute atomic E-state index is 11.8. The fourth-order valence-corrected chi connectivity index (χ4v) is 3.32. The molecular formula is C16H16N4O5S. The summed E-state index contributed by atoms with van der Waals surface area (Å²) in [6.07, 6.45) is 1.51. The zero-order chi connectivity index (χ0) is 18.1. The van der Waals surface area contributed by atoms with Crippen LogP contribution >= 0.6 is 0 Å². The molecule has 1 aromatic carbocycles. The molecule has 26 heavy (non-hydrogen) atoms. The number of aromatic nitrogens is 2. The third-order valence-electron chi connectivity index (χ3n) is 4.05. The van der Waals surface area contributed by atoms with E-state index in [1.807, 2.05) is 0 Å². The molecule has 2 N–H and O–H groups in total. The van der Waals surface area contributed by atoms with E-state index in [1.54, 1.807) is 18.2 Å². The summed E-state index contributed by atoms with van der Waals surface area (Å²) in [6, 6.07) is 8.02. The Morgan fingerprint density at radius 3 is 2.65 bits per heavy atom. The summed E-state index contributed by atoms with van der Waals surface area (Å²) < 4.78 is 39.5. The highest BCUT2D eigenvalue weighted by atomic mass is 32.2. The van der Waals surface area contributed by atoms with Gasteiger partial charge in [0.25, 0.3) is 5.89 Å². The molecule has 0 amide bonds. The van der Waals surface area contributed by atoms with E-state index in [9.17, 15) is 8.42 Å². The molecule has 9 nitrogen and oxygen atoms in total. The molecule has 0 unspecified atom stereocenters. The molecule has 0 saturated carbocycles. The maximum atomic E-state index is 11.8. The van der Waals surface area contributed by atoms with Gasteiger partial charge >= 0.3 is 0 Å². The quantitative estimate of drug-likeness (QED) is 0.726. The zero-order valence-corrected chi connectivity index (χ0v) is 14.5. The number of hydrogen-bond donors (Lipinski definition) is 1. The van der Waals surface area contributed by atoms with Gasteiger partial charge in [0, 0.05) is 18.8 Å². The first kappa shape index (κ1) is 16.8. The molecule has 136 valence electrons. The molecule has 1 aliphatic heterocycles. The number of furan rings is 1. The van der Waals surface area contributed by atoms with Crippen LogP contribution in [0.1, 0.15) is 0 Å². The Labute approximate surface area is 149 Å². The summed E-state index contributed by atoms with van der Waals surface area (Å²) in [5.41, 5.74) is 1.26. The van der Waals surface area contributed by atoms with Crippen LogP contribution in [0.3, 0.4) is 0 Å². The molecule has 0 atom stereocenters. The van der Waals surface area contributed by atoms with Crippen LogP contribution < -0.4 is 10.0 Å². The predicted octanol–water partition coefficient (Wildman–Crippen LogP) is 1.48. The van der Waals surface area contributed by atoms with Crippen molar-refractivity contribution >= 4 is 15.7 Å². The Morgan fingerprint density at radius 1 is 1.15 bits per heavy atom. The van der Waals surface area contributed by atoms with E-state index < -0.39 is 10.0 Å². The van der Waals surface area contributed by atoms with Crippen molar-refractivity contribution in [2.24, 2.45) is 5.14 Å². The first-order valence-corrected chi connectivity index (χ1v) is 9.44. The second-order valence-corrected chi connectivity index (χ2v) is 7.29. The molecule has 4 rings (SSSR count). The molecule has 0 radical (unpaired) electrons. The number of nitrogens with two attached hydrogens (primary N) is 1. The van der Waals surface area contributed by atoms with Crippen LogP contribution in [0.15, 0.2) is 50.4 Å². The van der Waals surface area contributed by atoms with Crippen LogP contribution in [0.25, 0.3) is 23.0 Å². The second kappa shape index (κ2) is 6.56. The van der Waals surface area contributed by atoms with E-state index in [0.29, 0.717) is 37.6 Å². The largest absolute Gasteiger partial charge is 0.461 e. The number of anilines is 1. The predicted molar refractivity (Wildman–Crippen MR) is 91.8 cm³/mol. The van der Waals surface area contributed by atoms with Gasteiger partial charge in [-0.05, 0) is 30.3 Å². The van der Waals surface area contributed by atoms with Crippen molar-refractivity contribution in [3.05, 3.63) is 36.6 Å². The van der Waals surface area contributed by atoms with E-state index in [0.717, 1.165) is 5.69 Å². The molecule has 3 aromatic rings. The minimum atomic E-state index is -3.87. The fourth-order valence-electron chi connectivity index (χ4n) is 2.78. The third kappa shape index (κ3) is 3.21. The van der Waals surface area contributed by atoms with Crippen LogP contribution in [0, 0.1) is 0 Å². The highest BCUT2D eigenvalue weighted by molar-refractivity contribution is 7.89. The van der Waals surface area contributed by atoms with Crippen molar-refractivity contribution in [1.82, 2.24) is 10.1 Å². The van der Waals surface area contributed by atoms with E-state index in [1.165, 1.54) is 18.4 Å². The summed E-state index contributed by atoms with van der Waals surface area (Å²) in [6.45, 7) is 2.50. The number of benzene rings is 1. The molecular weight excluding hydrogens is 360 g/mol. The van der Waals surface area contributed by atoms with Gasteiger partial charge in [-0.2, -0.15) is 4.98 Å². The molecule has 3 heterocycles. The molecule has 1 fully saturated rings. The number of hydrogen-bond acceptors (Lipinski definition) is 8. The second-order valence-electron chi connectivity index (χ2n) is 5.72. The van der Waals surface area contributed by atoms with Crippen LogP contribution in [0.4, 0.5) is 5.69 Å². The lowest BCUT2D eigenvalue weighted by molar-refractivity contribution is 0.122. The minimum absolute atomic E-state index is 0.0257. The molecule has 0 bridgehead atoms. The summed E-state index contributed by atoms with van der Waals surface area (Å²) in [7, 11) is -3.87. The Bertz CT molecular complexity index is 1010. The Kier molecular flexibility index (Phi) is 4.23. The normalized spacial score (nSPS) is 15.3.